The first kappa shape index (κ1) is 8.02. The Morgan fingerprint density at radius 1 is 1.30 bits per heavy atom. The summed E-state index contributed by atoms with van der Waals surface area (Å²) >= 11 is 0. The second-order valence-corrected chi connectivity index (χ2v) is 3.26. The van der Waals surface area contributed by atoms with Gasteiger partial charge in [0.2, 0.25) is 0 Å². The molecule has 0 aromatic rings. The molecule has 0 aliphatic carbocycles. The predicted molar refractivity (Wildman–Crippen MR) is 42.1 cm³/mol. The van der Waals surface area contributed by atoms with Crippen molar-refractivity contribution in [2.24, 2.45) is 0 Å². The smallest absolute Gasteiger partial charge is 0.0663 e. The van der Waals surface area contributed by atoms with E-state index < -0.39 is 0 Å². The van der Waals surface area contributed by atoms with Gasteiger partial charge in [-0.1, -0.05) is 0 Å². The van der Waals surface area contributed by atoms with E-state index >= 15 is 0 Å². The molecule has 1 aliphatic heterocycles. The van der Waals surface area contributed by atoms with Crippen LogP contribution in [0.2, 0.25) is 0 Å². The van der Waals surface area contributed by atoms with Gasteiger partial charge in [0.15, 0.2) is 0 Å². The molecule has 60 valence electrons. The minimum absolute atomic E-state index is 0.142. The van der Waals surface area contributed by atoms with Gasteiger partial charge in [0.05, 0.1) is 5.60 Å². The lowest BCUT2D eigenvalue weighted by atomic mass is 9.97. The van der Waals surface area contributed by atoms with E-state index in [0.717, 1.165) is 19.5 Å². The lowest BCUT2D eigenvalue weighted by Crippen LogP contribution is -2.28. The van der Waals surface area contributed by atoms with Crippen LogP contribution in [0.1, 0.15) is 26.2 Å². The van der Waals surface area contributed by atoms with Gasteiger partial charge in [-0.3, -0.25) is 0 Å². The van der Waals surface area contributed by atoms with Crippen LogP contribution in [-0.4, -0.2) is 25.8 Å². The van der Waals surface area contributed by atoms with Gasteiger partial charge in [0, 0.05) is 7.11 Å². The van der Waals surface area contributed by atoms with Gasteiger partial charge in [0.1, 0.15) is 0 Å². The number of nitrogens with one attached hydrogen (secondary N) is 1. The summed E-state index contributed by atoms with van der Waals surface area (Å²) in [5, 5.41) is 3.36. The van der Waals surface area contributed by atoms with Gasteiger partial charge in [-0.2, -0.15) is 0 Å². The monoisotopic (exact) mass is 143 g/mol. The Morgan fingerprint density at radius 3 is 2.80 bits per heavy atom. The summed E-state index contributed by atoms with van der Waals surface area (Å²) in [6, 6.07) is 0. The standard InChI is InChI=1S/C8H17NO/c1-8(10-2)4-3-6-9-7-5-8/h9H,3-7H2,1-2H3/t8-/m1/s1. The molecule has 1 saturated heterocycles. The van der Waals surface area contributed by atoms with Crippen molar-refractivity contribution < 1.29 is 4.74 Å². The first-order valence-electron chi connectivity index (χ1n) is 4.03. The first-order chi connectivity index (χ1) is 4.77. The van der Waals surface area contributed by atoms with Gasteiger partial charge < -0.3 is 10.1 Å². The minimum Gasteiger partial charge on any atom is -0.378 e. The molecule has 0 amide bonds. The molecule has 1 fully saturated rings. The largest absolute Gasteiger partial charge is 0.378 e. The normalized spacial score (nSPS) is 35.4. The molecule has 10 heavy (non-hydrogen) atoms. The highest BCUT2D eigenvalue weighted by molar-refractivity contribution is 4.78. The van der Waals surface area contributed by atoms with E-state index in [0.29, 0.717) is 0 Å². The summed E-state index contributed by atoms with van der Waals surface area (Å²) in [7, 11) is 1.81. The zero-order valence-corrected chi connectivity index (χ0v) is 6.94. The van der Waals surface area contributed by atoms with Crippen LogP contribution in [0.15, 0.2) is 0 Å². The second-order valence-electron chi connectivity index (χ2n) is 3.26. The van der Waals surface area contributed by atoms with Crippen molar-refractivity contribution in [1.29, 1.82) is 0 Å². The Morgan fingerprint density at radius 2 is 2.10 bits per heavy atom. The maximum atomic E-state index is 5.42. The summed E-state index contributed by atoms with van der Waals surface area (Å²) < 4.78 is 5.42. The minimum atomic E-state index is 0.142. The highest BCUT2D eigenvalue weighted by Gasteiger charge is 2.23. The number of hydrogen-bond acceptors (Lipinski definition) is 2. The molecule has 0 aromatic heterocycles. The Bertz CT molecular complexity index is 95.4. The van der Waals surface area contributed by atoms with Crippen molar-refractivity contribution in [3.8, 4) is 0 Å². The molecule has 0 saturated carbocycles. The summed E-state index contributed by atoms with van der Waals surface area (Å²) in [5.74, 6) is 0. The van der Waals surface area contributed by atoms with Crippen LogP contribution < -0.4 is 5.32 Å². The molecule has 0 aromatic carbocycles. The number of ether oxygens (including phenoxy) is 1. The van der Waals surface area contributed by atoms with Crippen LogP contribution in [-0.2, 0) is 4.74 Å². The van der Waals surface area contributed by atoms with Crippen LogP contribution >= 0.6 is 0 Å². The summed E-state index contributed by atoms with van der Waals surface area (Å²) in [6.45, 7) is 4.45. The number of hydrogen-bond donors (Lipinski definition) is 1. The fourth-order valence-electron chi connectivity index (χ4n) is 1.39. The van der Waals surface area contributed by atoms with Crippen molar-refractivity contribution >= 4 is 0 Å². The van der Waals surface area contributed by atoms with Gasteiger partial charge >= 0.3 is 0 Å². The van der Waals surface area contributed by atoms with E-state index in [2.05, 4.69) is 12.2 Å². The Hall–Kier alpha value is -0.0800. The molecular formula is C8H17NO. The molecule has 1 rings (SSSR count). The van der Waals surface area contributed by atoms with Gasteiger partial charge in [-0.15, -0.1) is 0 Å². The van der Waals surface area contributed by atoms with E-state index in [1.54, 1.807) is 0 Å². The quantitative estimate of drug-likeness (QED) is 0.595. The number of methoxy groups -OCH3 is 1. The molecule has 1 heterocycles. The molecule has 0 radical (unpaired) electrons. The van der Waals surface area contributed by atoms with E-state index in [9.17, 15) is 0 Å². The van der Waals surface area contributed by atoms with Crippen LogP contribution in [0.3, 0.4) is 0 Å². The molecule has 0 unspecified atom stereocenters. The maximum Gasteiger partial charge on any atom is 0.0663 e. The topological polar surface area (TPSA) is 21.3 Å². The predicted octanol–water partition coefficient (Wildman–Crippen LogP) is 1.17. The fraction of sp³-hybridized carbons (Fsp3) is 1.00. The van der Waals surface area contributed by atoms with Crippen LogP contribution in [0.5, 0.6) is 0 Å². The third-order valence-electron chi connectivity index (χ3n) is 2.38. The summed E-state index contributed by atoms with van der Waals surface area (Å²) in [4.78, 5) is 0. The molecule has 1 N–H and O–H groups in total. The summed E-state index contributed by atoms with van der Waals surface area (Å²) in [6.07, 6.45) is 3.57. The third-order valence-corrected chi connectivity index (χ3v) is 2.38. The molecule has 1 aliphatic rings. The highest BCUT2D eigenvalue weighted by Crippen LogP contribution is 2.21. The molecule has 0 spiro atoms. The highest BCUT2D eigenvalue weighted by atomic mass is 16.5. The lowest BCUT2D eigenvalue weighted by Gasteiger charge is -2.25. The molecule has 0 bridgehead atoms. The van der Waals surface area contributed by atoms with Crippen LogP contribution in [0.4, 0.5) is 0 Å². The third kappa shape index (κ3) is 1.96. The van der Waals surface area contributed by atoms with Crippen molar-refractivity contribution in [2.75, 3.05) is 20.2 Å². The average molecular weight is 143 g/mol. The summed E-state index contributed by atoms with van der Waals surface area (Å²) in [5.41, 5.74) is 0.142. The number of rotatable bonds is 1. The van der Waals surface area contributed by atoms with Crippen molar-refractivity contribution in [3.05, 3.63) is 0 Å². The van der Waals surface area contributed by atoms with Crippen LogP contribution in [0, 0.1) is 0 Å². The molecule has 2 heteroatoms. The fourth-order valence-corrected chi connectivity index (χ4v) is 1.39. The molecular weight excluding hydrogens is 126 g/mol. The van der Waals surface area contributed by atoms with E-state index in [4.69, 9.17) is 4.74 Å². The van der Waals surface area contributed by atoms with Gasteiger partial charge in [-0.05, 0) is 39.3 Å². The Balaban J connectivity index is 2.41. The van der Waals surface area contributed by atoms with E-state index in [-0.39, 0.29) is 5.60 Å². The van der Waals surface area contributed by atoms with E-state index in [1.807, 2.05) is 7.11 Å². The van der Waals surface area contributed by atoms with E-state index in [1.165, 1.54) is 12.8 Å². The van der Waals surface area contributed by atoms with Gasteiger partial charge in [-0.25, -0.2) is 0 Å². The zero-order valence-electron chi connectivity index (χ0n) is 6.94. The average Bonchev–Trinajstić information content (AvgIpc) is 2.15. The maximum absolute atomic E-state index is 5.42. The SMILES string of the molecule is CO[C@]1(C)CCCNCC1. The van der Waals surface area contributed by atoms with Crippen LogP contribution in [0.25, 0.3) is 0 Å². The Labute approximate surface area is 63.0 Å². The second kappa shape index (κ2) is 3.35. The van der Waals surface area contributed by atoms with Gasteiger partial charge in [0.25, 0.3) is 0 Å². The van der Waals surface area contributed by atoms with Crippen molar-refractivity contribution in [1.82, 2.24) is 5.32 Å². The first-order valence-corrected chi connectivity index (χ1v) is 4.03. The Kier molecular flexibility index (Phi) is 2.69. The zero-order chi connectivity index (χ0) is 7.45. The lowest BCUT2D eigenvalue weighted by molar-refractivity contribution is -0.00361. The van der Waals surface area contributed by atoms with Crippen molar-refractivity contribution in [3.63, 3.8) is 0 Å². The van der Waals surface area contributed by atoms with Crippen molar-refractivity contribution in [2.45, 2.75) is 31.8 Å². The molecule has 2 nitrogen and oxygen atoms in total. The molecule has 1 atom stereocenters.